The largest absolute Gasteiger partial charge is 0.384 e. The fourth-order valence-electron chi connectivity index (χ4n) is 1.98. The Labute approximate surface area is 112 Å². The predicted molar refractivity (Wildman–Crippen MR) is 79.8 cm³/mol. The second-order valence-corrected chi connectivity index (χ2v) is 5.27. The zero-order chi connectivity index (χ0) is 13.0. The van der Waals surface area contributed by atoms with Crippen molar-refractivity contribution >= 4 is 17.6 Å². The summed E-state index contributed by atoms with van der Waals surface area (Å²) in [7, 11) is 1.97. The Morgan fingerprint density at radius 1 is 1.28 bits per heavy atom. The van der Waals surface area contributed by atoms with Crippen molar-refractivity contribution in [2.24, 2.45) is 7.05 Å². The molecule has 0 atom stereocenters. The lowest BCUT2D eigenvalue weighted by atomic mass is 10.2. The van der Waals surface area contributed by atoms with Crippen LogP contribution in [0.2, 0.25) is 0 Å². The molecule has 0 amide bonds. The van der Waals surface area contributed by atoms with Crippen molar-refractivity contribution in [1.82, 2.24) is 9.55 Å². The molecule has 3 nitrogen and oxygen atoms in total. The molecular formula is C14H19N3S. The van der Waals surface area contributed by atoms with E-state index in [1.165, 1.54) is 0 Å². The predicted octanol–water partition coefficient (Wildman–Crippen LogP) is 2.96. The third-order valence-corrected chi connectivity index (χ3v) is 3.71. The van der Waals surface area contributed by atoms with E-state index in [0.29, 0.717) is 0 Å². The first-order chi connectivity index (χ1) is 8.74. The number of rotatable bonds is 5. The van der Waals surface area contributed by atoms with E-state index in [1.54, 1.807) is 0 Å². The first kappa shape index (κ1) is 13.0. The number of nitrogens with two attached hydrogens (primary N) is 1. The molecule has 0 spiro atoms. The summed E-state index contributed by atoms with van der Waals surface area (Å²) in [5, 5.41) is 0. The van der Waals surface area contributed by atoms with Gasteiger partial charge in [0.05, 0.1) is 5.69 Å². The highest BCUT2D eigenvalue weighted by atomic mass is 32.2. The average molecular weight is 261 g/mol. The van der Waals surface area contributed by atoms with E-state index in [-0.39, 0.29) is 0 Å². The van der Waals surface area contributed by atoms with Crippen molar-refractivity contribution in [1.29, 1.82) is 0 Å². The Hall–Kier alpha value is -1.42. The zero-order valence-electron chi connectivity index (χ0n) is 10.9. The lowest BCUT2D eigenvalue weighted by molar-refractivity contribution is 0.902. The Morgan fingerprint density at radius 3 is 2.67 bits per heavy atom. The minimum absolute atomic E-state index is 0.787. The van der Waals surface area contributed by atoms with Gasteiger partial charge >= 0.3 is 0 Å². The van der Waals surface area contributed by atoms with Gasteiger partial charge in [0.15, 0.2) is 0 Å². The van der Waals surface area contributed by atoms with Crippen molar-refractivity contribution < 1.29 is 0 Å². The van der Waals surface area contributed by atoms with Gasteiger partial charge in [0.25, 0.3) is 0 Å². The molecule has 0 saturated carbocycles. The van der Waals surface area contributed by atoms with Gasteiger partial charge in [-0.05, 0) is 24.9 Å². The summed E-state index contributed by atoms with van der Waals surface area (Å²) in [6.07, 6.45) is 4.20. The quantitative estimate of drug-likeness (QED) is 0.842. The maximum Gasteiger partial charge on any atom is 0.141 e. The van der Waals surface area contributed by atoms with Crippen molar-refractivity contribution in [3.05, 3.63) is 36.0 Å². The van der Waals surface area contributed by atoms with E-state index in [9.17, 15) is 0 Å². The summed E-state index contributed by atoms with van der Waals surface area (Å²) in [6.45, 7) is 0. The highest BCUT2D eigenvalue weighted by Gasteiger charge is 2.12. The second kappa shape index (κ2) is 5.96. The summed E-state index contributed by atoms with van der Waals surface area (Å²) in [5.41, 5.74) is 8.25. The molecule has 1 aromatic heterocycles. The first-order valence-corrected chi connectivity index (χ1v) is 7.49. The maximum absolute atomic E-state index is 6.12. The number of hydrogen-bond donors (Lipinski definition) is 1. The maximum atomic E-state index is 6.12. The molecule has 1 aromatic carbocycles. The summed E-state index contributed by atoms with van der Waals surface area (Å²) in [6, 6.07) is 10.2. The lowest BCUT2D eigenvalue weighted by Gasteiger charge is -2.02. The standard InChI is InChI=1S/C14H19N3S/c1-17-13(15)12(9-6-10-18-2)16-14(17)11-7-4-3-5-8-11/h3-5,7-8H,6,9-10,15H2,1-2H3. The van der Waals surface area contributed by atoms with Crippen LogP contribution in [0.1, 0.15) is 12.1 Å². The van der Waals surface area contributed by atoms with Crippen LogP contribution < -0.4 is 5.73 Å². The number of hydrogen-bond acceptors (Lipinski definition) is 3. The molecule has 0 aliphatic carbocycles. The molecule has 2 N–H and O–H groups in total. The zero-order valence-corrected chi connectivity index (χ0v) is 11.7. The van der Waals surface area contributed by atoms with Gasteiger partial charge in [0, 0.05) is 12.6 Å². The number of aryl methyl sites for hydroxylation is 1. The highest BCUT2D eigenvalue weighted by molar-refractivity contribution is 7.98. The Bertz CT molecular complexity index is 505. The van der Waals surface area contributed by atoms with Gasteiger partial charge < -0.3 is 10.3 Å². The molecule has 0 aliphatic rings. The van der Waals surface area contributed by atoms with Crippen molar-refractivity contribution in [3.8, 4) is 11.4 Å². The molecule has 2 rings (SSSR count). The van der Waals surface area contributed by atoms with Gasteiger partial charge in [0.1, 0.15) is 11.6 Å². The van der Waals surface area contributed by atoms with Crippen LogP contribution in [0.5, 0.6) is 0 Å². The van der Waals surface area contributed by atoms with Crippen LogP contribution in [-0.4, -0.2) is 21.6 Å². The van der Waals surface area contributed by atoms with Crippen LogP contribution in [0.15, 0.2) is 30.3 Å². The number of aromatic nitrogens is 2. The molecule has 4 heteroatoms. The first-order valence-electron chi connectivity index (χ1n) is 6.09. The third kappa shape index (κ3) is 2.70. The van der Waals surface area contributed by atoms with E-state index >= 15 is 0 Å². The second-order valence-electron chi connectivity index (χ2n) is 4.29. The Morgan fingerprint density at radius 2 is 2.00 bits per heavy atom. The van der Waals surface area contributed by atoms with Gasteiger partial charge in [-0.1, -0.05) is 30.3 Å². The van der Waals surface area contributed by atoms with Crippen LogP contribution in [0.25, 0.3) is 11.4 Å². The molecule has 0 unspecified atom stereocenters. The van der Waals surface area contributed by atoms with Gasteiger partial charge in [-0.15, -0.1) is 0 Å². The van der Waals surface area contributed by atoms with Crippen molar-refractivity contribution in [2.45, 2.75) is 12.8 Å². The van der Waals surface area contributed by atoms with E-state index in [2.05, 4.69) is 23.4 Å². The molecule has 0 fully saturated rings. The summed E-state index contributed by atoms with van der Waals surface area (Å²) < 4.78 is 1.98. The summed E-state index contributed by atoms with van der Waals surface area (Å²) in [5.74, 6) is 2.89. The van der Waals surface area contributed by atoms with Gasteiger partial charge in [0.2, 0.25) is 0 Å². The Kier molecular flexibility index (Phi) is 4.31. The molecule has 18 heavy (non-hydrogen) atoms. The lowest BCUT2D eigenvalue weighted by Crippen LogP contribution is -2.00. The topological polar surface area (TPSA) is 43.8 Å². The normalized spacial score (nSPS) is 10.8. The number of benzene rings is 1. The van der Waals surface area contributed by atoms with E-state index in [1.807, 2.05) is 41.6 Å². The van der Waals surface area contributed by atoms with Gasteiger partial charge in [-0.25, -0.2) is 4.98 Å². The molecule has 0 aliphatic heterocycles. The van der Waals surface area contributed by atoms with E-state index < -0.39 is 0 Å². The molecule has 0 saturated heterocycles. The fraction of sp³-hybridized carbons (Fsp3) is 0.357. The molecule has 0 bridgehead atoms. The fourth-order valence-corrected chi connectivity index (χ4v) is 2.41. The van der Waals surface area contributed by atoms with Gasteiger partial charge in [-0.2, -0.15) is 11.8 Å². The van der Waals surface area contributed by atoms with Crippen molar-refractivity contribution in [2.75, 3.05) is 17.7 Å². The minimum Gasteiger partial charge on any atom is -0.384 e. The molecule has 96 valence electrons. The monoisotopic (exact) mass is 261 g/mol. The summed E-state index contributed by atoms with van der Waals surface area (Å²) >= 11 is 1.86. The van der Waals surface area contributed by atoms with Crippen LogP contribution in [-0.2, 0) is 13.5 Å². The minimum atomic E-state index is 0.787. The summed E-state index contributed by atoms with van der Waals surface area (Å²) in [4.78, 5) is 4.68. The number of nitrogen functional groups attached to an aromatic ring is 1. The number of nitrogens with zero attached hydrogens (tertiary/aromatic N) is 2. The smallest absolute Gasteiger partial charge is 0.141 e. The van der Waals surface area contributed by atoms with Crippen molar-refractivity contribution in [3.63, 3.8) is 0 Å². The Balaban J connectivity index is 2.25. The average Bonchev–Trinajstić information content (AvgIpc) is 2.68. The van der Waals surface area contributed by atoms with E-state index in [4.69, 9.17) is 5.73 Å². The number of imidazole rings is 1. The van der Waals surface area contributed by atoms with Gasteiger partial charge in [-0.3, -0.25) is 0 Å². The molecule has 2 aromatic rings. The van der Waals surface area contributed by atoms with E-state index in [0.717, 1.165) is 41.5 Å². The van der Waals surface area contributed by atoms with Crippen LogP contribution in [0, 0.1) is 0 Å². The molecular weight excluding hydrogens is 242 g/mol. The molecule has 0 radical (unpaired) electrons. The third-order valence-electron chi connectivity index (χ3n) is 3.01. The highest BCUT2D eigenvalue weighted by Crippen LogP contribution is 2.23. The number of anilines is 1. The van der Waals surface area contributed by atoms with Crippen LogP contribution in [0.4, 0.5) is 5.82 Å². The SMILES string of the molecule is CSCCCc1nc(-c2ccccc2)n(C)c1N. The number of thioether (sulfide) groups is 1. The van der Waals surface area contributed by atoms with Crippen LogP contribution >= 0.6 is 11.8 Å². The molecule has 1 heterocycles. The van der Waals surface area contributed by atoms with Crippen LogP contribution in [0.3, 0.4) is 0 Å².